The molecule has 0 spiro atoms. The summed E-state index contributed by atoms with van der Waals surface area (Å²) in [5, 5.41) is 29.1. The number of H-pyrrole nitrogens is 1. The molecule has 1 aliphatic rings. The van der Waals surface area contributed by atoms with E-state index in [1.807, 2.05) is 72.8 Å². The van der Waals surface area contributed by atoms with Crippen molar-refractivity contribution >= 4 is 40.5 Å². The van der Waals surface area contributed by atoms with Crippen molar-refractivity contribution in [3.05, 3.63) is 90.1 Å². The third kappa shape index (κ3) is 8.28. The minimum absolute atomic E-state index is 0.127. The van der Waals surface area contributed by atoms with E-state index in [1.54, 1.807) is 11.1 Å². The Kier molecular flexibility index (Phi) is 10.5. The number of anilines is 2. The fourth-order valence-corrected chi connectivity index (χ4v) is 5.23. The number of aliphatic carboxylic acids is 1. The molecule has 4 aromatic rings. The van der Waals surface area contributed by atoms with Crippen LogP contribution in [0.4, 0.5) is 16.4 Å². The Balaban J connectivity index is 1.14. The SMILES string of the molecule is O=C(COC1CC(CNc2ccccn2)N(C(=O)OCc2ccccc2)C1)NCC(Nc1[nH]c2ccccc2c1CO)C(=O)O. The van der Waals surface area contributed by atoms with Gasteiger partial charge >= 0.3 is 12.1 Å². The molecule has 0 aliphatic carbocycles. The van der Waals surface area contributed by atoms with Gasteiger partial charge in [0.05, 0.1) is 25.3 Å². The minimum atomic E-state index is -1.18. The number of aliphatic hydroxyl groups excluding tert-OH is 1. The van der Waals surface area contributed by atoms with E-state index in [1.165, 1.54) is 0 Å². The molecule has 13 nitrogen and oxygen atoms in total. The summed E-state index contributed by atoms with van der Waals surface area (Å²) in [5.41, 5.74) is 2.14. The molecule has 2 amide bonds. The molecule has 3 unspecified atom stereocenters. The highest BCUT2D eigenvalue weighted by Crippen LogP contribution is 2.27. The van der Waals surface area contributed by atoms with E-state index in [2.05, 4.69) is 25.9 Å². The molecular formula is C32H36N6O7. The van der Waals surface area contributed by atoms with Crippen LogP contribution in [0.5, 0.6) is 0 Å². The van der Waals surface area contributed by atoms with E-state index >= 15 is 0 Å². The summed E-state index contributed by atoms with van der Waals surface area (Å²) >= 11 is 0. The second kappa shape index (κ2) is 15.0. The molecule has 0 saturated carbocycles. The van der Waals surface area contributed by atoms with Crippen molar-refractivity contribution in [2.24, 2.45) is 0 Å². The van der Waals surface area contributed by atoms with Gasteiger partial charge in [0.2, 0.25) is 5.91 Å². The van der Waals surface area contributed by atoms with Crippen LogP contribution >= 0.6 is 0 Å². The topological polar surface area (TPSA) is 178 Å². The molecule has 2 aromatic heterocycles. The van der Waals surface area contributed by atoms with Crippen LogP contribution in [0.15, 0.2) is 79.0 Å². The molecule has 3 atom stereocenters. The zero-order chi connectivity index (χ0) is 31.6. The molecule has 1 saturated heterocycles. The highest BCUT2D eigenvalue weighted by molar-refractivity contribution is 5.90. The number of hydrogen-bond donors (Lipinski definition) is 6. The summed E-state index contributed by atoms with van der Waals surface area (Å²) in [4.78, 5) is 46.6. The first-order valence-corrected chi connectivity index (χ1v) is 14.6. The largest absolute Gasteiger partial charge is 0.480 e. The lowest BCUT2D eigenvalue weighted by atomic mass is 10.1. The molecule has 1 fully saturated rings. The van der Waals surface area contributed by atoms with Crippen molar-refractivity contribution in [1.29, 1.82) is 0 Å². The van der Waals surface area contributed by atoms with Gasteiger partial charge in [-0.2, -0.15) is 0 Å². The molecule has 6 N–H and O–H groups in total. The average Bonchev–Trinajstić information content (AvgIpc) is 3.65. The molecule has 236 valence electrons. The van der Waals surface area contributed by atoms with Crippen molar-refractivity contribution in [2.75, 3.05) is 36.9 Å². The number of aromatic nitrogens is 2. The van der Waals surface area contributed by atoms with E-state index in [0.717, 1.165) is 16.5 Å². The van der Waals surface area contributed by atoms with Crippen LogP contribution in [0.1, 0.15) is 17.5 Å². The number of aromatic amines is 1. The average molecular weight is 617 g/mol. The van der Waals surface area contributed by atoms with Crippen LogP contribution < -0.4 is 16.0 Å². The number of amides is 2. The van der Waals surface area contributed by atoms with Crippen LogP contribution in [0.3, 0.4) is 0 Å². The number of benzene rings is 2. The van der Waals surface area contributed by atoms with Gasteiger partial charge in [0, 0.05) is 35.8 Å². The number of rotatable bonds is 14. The number of para-hydroxylation sites is 1. The molecule has 3 heterocycles. The second-order valence-electron chi connectivity index (χ2n) is 10.6. The standard InChI is InChI=1S/C32H36N6O7/c39-18-25-24-10-4-5-11-26(24)36-30(25)37-27(31(41)42)16-35-29(40)20-44-23-14-22(15-34-28-12-6-7-13-33-28)38(17-23)32(43)45-19-21-8-2-1-3-9-21/h1-13,22-23,27,36-37,39H,14-20H2,(H,33,34)(H,35,40)(H,41,42). The van der Waals surface area contributed by atoms with Gasteiger partial charge < -0.3 is 45.5 Å². The number of likely N-dealkylation sites (tertiary alicyclic amines) is 1. The third-order valence-corrected chi connectivity index (χ3v) is 7.54. The first-order chi connectivity index (χ1) is 21.9. The van der Waals surface area contributed by atoms with Crippen molar-refractivity contribution in [1.82, 2.24) is 20.2 Å². The Bertz CT molecular complexity index is 1580. The van der Waals surface area contributed by atoms with Gasteiger partial charge in [0.15, 0.2) is 0 Å². The van der Waals surface area contributed by atoms with Gasteiger partial charge in [-0.1, -0.05) is 54.6 Å². The summed E-state index contributed by atoms with van der Waals surface area (Å²) in [6.07, 6.45) is 1.19. The summed E-state index contributed by atoms with van der Waals surface area (Å²) < 4.78 is 11.4. The molecule has 13 heteroatoms. The molecule has 45 heavy (non-hydrogen) atoms. The molecule has 1 aliphatic heterocycles. The Hall–Kier alpha value is -5.14. The first kappa shape index (κ1) is 31.3. The van der Waals surface area contributed by atoms with Gasteiger partial charge in [0.1, 0.15) is 30.9 Å². The Morgan fingerprint density at radius 2 is 1.82 bits per heavy atom. The number of carbonyl (C=O) groups is 3. The quantitative estimate of drug-likeness (QED) is 0.123. The van der Waals surface area contributed by atoms with Gasteiger partial charge in [0.25, 0.3) is 0 Å². The zero-order valence-electron chi connectivity index (χ0n) is 24.5. The maximum Gasteiger partial charge on any atom is 0.410 e. The number of ether oxygens (including phenoxy) is 2. The van der Waals surface area contributed by atoms with Crippen LogP contribution in [0.2, 0.25) is 0 Å². The lowest BCUT2D eigenvalue weighted by molar-refractivity contribution is -0.138. The lowest BCUT2D eigenvalue weighted by Crippen LogP contribution is -2.43. The first-order valence-electron chi connectivity index (χ1n) is 14.6. The fourth-order valence-electron chi connectivity index (χ4n) is 5.23. The second-order valence-corrected chi connectivity index (χ2v) is 10.6. The van der Waals surface area contributed by atoms with Gasteiger partial charge in [-0.25, -0.2) is 14.6 Å². The Morgan fingerprint density at radius 3 is 2.58 bits per heavy atom. The summed E-state index contributed by atoms with van der Waals surface area (Å²) in [7, 11) is 0. The third-order valence-electron chi connectivity index (χ3n) is 7.54. The fraction of sp³-hybridized carbons (Fsp3) is 0.312. The van der Waals surface area contributed by atoms with E-state index in [9.17, 15) is 24.6 Å². The predicted octanol–water partition coefficient (Wildman–Crippen LogP) is 2.94. The Morgan fingerprint density at radius 1 is 1.04 bits per heavy atom. The number of fused-ring (bicyclic) bond motifs is 1. The Labute approximate surface area is 259 Å². The molecule has 2 aromatic carbocycles. The minimum Gasteiger partial charge on any atom is -0.480 e. The van der Waals surface area contributed by atoms with Crippen LogP contribution in [-0.2, 0) is 32.3 Å². The van der Waals surface area contributed by atoms with Crippen molar-refractivity contribution in [3.63, 3.8) is 0 Å². The smallest absolute Gasteiger partial charge is 0.410 e. The number of carboxylic acids is 1. The van der Waals surface area contributed by atoms with E-state index in [4.69, 9.17) is 9.47 Å². The number of nitrogens with one attached hydrogen (secondary N) is 4. The molecule has 0 radical (unpaired) electrons. The van der Waals surface area contributed by atoms with Crippen molar-refractivity contribution < 1.29 is 34.1 Å². The number of carbonyl (C=O) groups excluding carboxylic acids is 2. The number of hydrogen-bond acceptors (Lipinski definition) is 9. The maximum atomic E-state index is 13.1. The van der Waals surface area contributed by atoms with Crippen molar-refractivity contribution in [3.8, 4) is 0 Å². The maximum absolute atomic E-state index is 13.1. The van der Waals surface area contributed by atoms with E-state index in [0.29, 0.717) is 30.2 Å². The summed E-state index contributed by atoms with van der Waals surface area (Å²) in [6.45, 7) is -0.0925. The summed E-state index contributed by atoms with van der Waals surface area (Å²) in [5.74, 6) is -0.649. The van der Waals surface area contributed by atoms with Gasteiger partial charge in [-0.05, 0) is 30.2 Å². The highest BCUT2D eigenvalue weighted by atomic mass is 16.6. The normalized spacial score (nSPS) is 16.7. The van der Waals surface area contributed by atoms with Gasteiger partial charge in [-0.3, -0.25) is 4.79 Å². The van der Waals surface area contributed by atoms with E-state index < -0.39 is 30.1 Å². The van der Waals surface area contributed by atoms with Crippen LogP contribution in [0, 0.1) is 0 Å². The summed E-state index contributed by atoms with van der Waals surface area (Å²) in [6, 6.07) is 20.7. The van der Waals surface area contributed by atoms with Crippen LogP contribution in [0.25, 0.3) is 10.9 Å². The molecule has 0 bridgehead atoms. The number of nitrogens with zero attached hydrogens (tertiary/aromatic N) is 2. The highest BCUT2D eigenvalue weighted by Gasteiger charge is 2.37. The number of aliphatic hydroxyl groups is 1. The van der Waals surface area contributed by atoms with Gasteiger partial charge in [-0.15, -0.1) is 0 Å². The molecule has 5 rings (SSSR count). The zero-order valence-corrected chi connectivity index (χ0v) is 24.5. The predicted molar refractivity (Wildman–Crippen MR) is 166 cm³/mol. The number of pyridine rings is 1. The monoisotopic (exact) mass is 616 g/mol. The van der Waals surface area contributed by atoms with Crippen molar-refractivity contribution in [2.45, 2.75) is 37.8 Å². The lowest BCUT2D eigenvalue weighted by Gasteiger charge is -2.24. The number of carboxylic acid groups (broad SMARTS) is 1. The van der Waals surface area contributed by atoms with E-state index in [-0.39, 0.29) is 39.0 Å². The molecular weight excluding hydrogens is 580 g/mol. The van der Waals surface area contributed by atoms with Crippen LogP contribution in [-0.4, -0.2) is 87.5 Å².